The number of hydrogen-bond donors (Lipinski definition) is 4. The highest BCUT2D eigenvalue weighted by Crippen LogP contribution is 2.19. The topological polar surface area (TPSA) is 128 Å². The van der Waals surface area contributed by atoms with Crippen molar-refractivity contribution in [3.63, 3.8) is 0 Å². The largest absolute Gasteiger partial charge is 0.480 e. The summed E-state index contributed by atoms with van der Waals surface area (Å²) in [5.41, 5.74) is 0. The Hall–Kier alpha value is -2.16. The highest BCUT2D eigenvalue weighted by molar-refractivity contribution is 5.88. The smallest absolute Gasteiger partial charge is 0.326 e. The van der Waals surface area contributed by atoms with E-state index in [1.165, 1.54) is 6.92 Å². The summed E-state index contributed by atoms with van der Waals surface area (Å²) in [6, 6.07) is -1.43. The van der Waals surface area contributed by atoms with Crippen molar-refractivity contribution in [3.05, 3.63) is 0 Å². The van der Waals surface area contributed by atoms with Crippen LogP contribution in [0.3, 0.4) is 0 Å². The summed E-state index contributed by atoms with van der Waals surface area (Å²) in [5, 5.41) is 17.5. The molecule has 0 saturated carbocycles. The van der Waals surface area contributed by atoms with Gasteiger partial charge in [0.15, 0.2) is 0 Å². The molecule has 4 N–H and O–H groups in total. The Morgan fingerprint density at radius 2 is 1.89 bits per heavy atom. The molecule has 0 aromatic carbocycles. The maximum absolute atomic E-state index is 12.5. The fourth-order valence-electron chi connectivity index (χ4n) is 3.90. The SMILES string of the molecule is CC(=O)N[C@@H](CC(=O)NC1CCCN(C(=O)CCC2CCNCC2)C1)C(=O)O. The van der Waals surface area contributed by atoms with E-state index in [1.54, 1.807) is 4.90 Å². The molecule has 0 radical (unpaired) electrons. The van der Waals surface area contributed by atoms with Crippen LogP contribution in [0, 0.1) is 5.92 Å². The number of rotatable bonds is 8. The van der Waals surface area contributed by atoms with Crippen molar-refractivity contribution >= 4 is 23.7 Å². The molecule has 9 heteroatoms. The lowest BCUT2D eigenvalue weighted by molar-refractivity contribution is -0.143. The summed E-state index contributed by atoms with van der Waals surface area (Å²) in [5.74, 6) is -1.45. The van der Waals surface area contributed by atoms with Crippen LogP contribution < -0.4 is 16.0 Å². The predicted molar refractivity (Wildman–Crippen MR) is 102 cm³/mol. The number of nitrogens with zero attached hydrogens (tertiary/aromatic N) is 1. The lowest BCUT2D eigenvalue weighted by Gasteiger charge is -2.34. The molecule has 2 saturated heterocycles. The lowest BCUT2D eigenvalue weighted by atomic mass is 9.93. The molecule has 0 aromatic heterocycles. The lowest BCUT2D eigenvalue weighted by Crippen LogP contribution is -2.51. The standard InChI is InChI=1S/C19H32N4O5/c1-13(24)21-16(19(27)28)11-17(25)22-15-3-2-10-23(12-15)18(26)5-4-14-6-8-20-9-7-14/h14-16,20H,2-12H2,1H3,(H,21,24)(H,22,25)(H,27,28)/t15?,16-/m0/s1. The number of carboxylic acid groups (broad SMARTS) is 1. The number of hydrogen-bond acceptors (Lipinski definition) is 5. The zero-order valence-electron chi connectivity index (χ0n) is 16.5. The summed E-state index contributed by atoms with van der Waals surface area (Å²) in [4.78, 5) is 48.7. The average Bonchev–Trinajstić information content (AvgIpc) is 2.66. The van der Waals surface area contributed by atoms with Gasteiger partial charge in [0.1, 0.15) is 6.04 Å². The molecule has 158 valence electrons. The number of carbonyl (C=O) groups excluding carboxylic acids is 3. The summed E-state index contributed by atoms with van der Waals surface area (Å²) in [7, 11) is 0. The van der Waals surface area contributed by atoms with Crippen LogP contribution in [-0.4, -0.2) is 72.0 Å². The van der Waals surface area contributed by atoms with Crippen LogP contribution >= 0.6 is 0 Å². The van der Waals surface area contributed by atoms with Crippen LogP contribution in [0.4, 0.5) is 0 Å². The minimum atomic E-state index is -1.25. The van der Waals surface area contributed by atoms with Crippen LogP contribution in [0.1, 0.15) is 51.9 Å². The zero-order valence-corrected chi connectivity index (χ0v) is 16.5. The second kappa shape index (κ2) is 11.0. The van der Waals surface area contributed by atoms with Gasteiger partial charge in [0, 0.05) is 32.5 Å². The fourth-order valence-corrected chi connectivity index (χ4v) is 3.90. The van der Waals surface area contributed by atoms with Gasteiger partial charge in [-0.2, -0.15) is 0 Å². The van der Waals surface area contributed by atoms with Crippen molar-refractivity contribution in [2.24, 2.45) is 5.92 Å². The third-order valence-electron chi connectivity index (χ3n) is 5.43. The van der Waals surface area contributed by atoms with E-state index in [0.717, 1.165) is 45.2 Å². The zero-order chi connectivity index (χ0) is 20.5. The van der Waals surface area contributed by atoms with E-state index >= 15 is 0 Å². The third kappa shape index (κ3) is 7.46. The molecule has 28 heavy (non-hydrogen) atoms. The van der Waals surface area contributed by atoms with Gasteiger partial charge in [-0.25, -0.2) is 4.79 Å². The molecule has 3 amide bonds. The van der Waals surface area contributed by atoms with E-state index in [0.29, 0.717) is 25.4 Å². The van der Waals surface area contributed by atoms with E-state index in [4.69, 9.17) is 5.11 Å². The molecule has 0 aliphatic carbocycles. The minimum Gasteiger partial charge on any atom is -0.480 e. The van der Waals surface area contributed by atoms with Gasteiger partial charge in [-0.3, -0.25) is 14.4 Å². The predicted octanol–water partition coefficient (Wildman–Crippen LogP) is -0.147. The molecule has 0 spiro atoms. The Labute approximate surface area is 165 Å². The van der Waals surface area contributed by atoms with Crippen molar-refractivity contribution in [3.8, 4) is 0 Å². The van der Waals surface area contributed by atoms with Gasteiger partial charge in [-0.1, -0.05) is 0 Å². The Morgan fingerprint density at radius 1 is 1.18 bits per heavy atom. The molecule has 0 aromatic rings. The van der Waals surface area contributed by atoms with E-state index < -0.39 is 23.8 Å². The number of nitrogens with one attached hydrogen (secondary N) is 3. The Bertz CT molecular complexity index is 577. The number of likely N-dealkylation sites (tertiary alicyclic amines) is 1. The normalized spacial score (nSPS) is 21.6. The molecule has 1 unspecified atom stereocenters. The van der Waals surface area contributed by atoms with Crippen molar-refractivity contribution in [2.45, 2.75) is 64.0 Å². The first-order valence-electron chi connectivity index (χ1n) is 10.1. The molecular formula is C19H32N4O5. The van der Waals surface area contributed by atoms with Gasteiger partial charge >= 0.3 is 5.97 Å². The molecule has 2 fully saturated rings. The summed E-state index contributed by atoms with van der Waals surface area (Å²) < 4.78 is 0. The number of carbonyl (C=O) groups is 4. The van der Waals surface area contributed by atoms with Crippen LogP contribution in [0.5, 0.6) is 0 Å². The molecule has 2 aliphatic rings. The third-order valence-corrected chi connectivity index (χ3v) is 5.43. The van der Waals surface area contributed by atoms with Crippen molar-refractivity contribution in [1.29, 1.82) is 0 Å². The molecule has 2 heterocycles. The second-order valence-corrected chi connectivity index (χ2v) is 7.77. The summed E-state index contributed by atoms with van der Waals surface area (Å²) >= 11 is 0. The monoisotopic (exact) mass is 396 g/mol. The highest BCUT2D eigenvalue weighted by Gasteiger charge is 2.27. The maximum Gasteiger partial charge on any atom is 0.326 e. The Morgan fingerprint density at radius 3 is 2.54 bits per heavy atom. The van der Waals surface area contributed by atoms with Gasteiger partial charge in [-0.05, 0) is 51.1 Å². The first-order chi connectivity index (χ1) is 13.3. The van der Waals surface area contributed by atoms with Crippen molar-refractivity contribution in [2.75, 3.05) is 26.2 Å². The average molecular weight is 396 g/mol. The van der Waals surface area contributed by atoms with Gasteiger partial charge in [0.25, 0.3) is 0 Å². The Balaban J connectivity index is 1.76. The van der Waals surface area contributed by atoms with E-state index in [9.17, 15) is 19.2 Å². The quantitative estimate of drug-likeness (QED) is 0.452. The highest BCUT2D eigenvalue weighted by atomic mass is 16.4. The minimum absolute atomic E-state index is 0.124. The molecule has 9 nitrogen and oxygen atoms in total. The van der Waals surface area contributed by atoms with Gasteiger partial charge in [0.05, 0.1) is 6.42 Å². The number of carboxylic acids is 1. The molecular weight excluding hydrogens is 364 g/mol. The van der Waals surface area contributed by atoms with Gasteiger partial charge < -0.3 is 26.0 Å². The Kier molecular flexibility index (Phi) is 8.69. The van der Waals surface area contributed by atoms with Gasteiger partial charge in [-0.15, -0.1) is 0 Å². The van der Waals surface area contributed by atoms with Crippen LogP contribution in [0.15, 0.2) is 0 Å². The van der Waals surface area contributed by atoms with E-state index in [-0.39, 0.29) is 18.4 Å². The van der Waals surface area contributed by atoms with E-state index in [1.807, 2.05) is 0 Å². The first-order valence-corrected chi connectivity index (χ1v) is 10.1. The fraction of sp³-hybridized carbons (Fsp3) is 0.789. The summed E-state index contributed by atoms with van der Waals surface area (Å²) in [6.45, 7) is 4.40. The molecule has 2 aliphatic heterocycles. The van der Waals surface area contributed by atoms with Crippen LogP contribution in [0.2, 0.25) is 0 Å². The number of aliphatic carboxylic acids is 1. The maximum atomic E-state index is 12.5. The molecule has 2 atom stereocenters. The number of piperidine rings is 2. The van der Waals surface area contributed by atoms with E-state index in [2.05, 4.69) is 16.0 Å². The first kappa shape index (κ1) is 22.1. The summed E-state index contributed by atoms with van der Waals surface area (Å²) in [6.07, 6.45) is 4.91. The second-order valence-electron chi connectivity index (χ2n) is 7.77. The number of amides is 3. The molecule has 0 bridgehead atoms. The van der Waals surface area contributed by atoms with Crippen molar-refractivity contribution in [1.82, 2.24) is 20.9 Å². The molecule has 2 rings (SSSR count). The van der Waals surface area contributed by atoms with Crippen LogP contribution in [-0.2, 0) is 19.2 Å². The van der Waals surface area contributed by atoms with Crippen LogP contribution in [0.25, 0.3) is 0 Å². The van der Waals surface area contributed by atoms with Gasteiger partial charge in [0.2, 0.25) is 17.7 Å². The van der Waals surface area contributed by atoms with Crippen molar-refractivity contribution < 1.29 is 24.3 Å².